The molecule has 0 aromatic carbocycles. The van der Waals surface area contributed by atoms with Crippen LogP contribution in [0.5, 0.6) is 0 Å². The third-order valence-electron chi connectivity index (χ3n) is 1.56. The summed E-state index contributed by atoms with van der Waals surface area (Å²) in [7, 11) is 1.42. The van der Waals surface area contributed by atoms with E-state index in [9.17, 15) is 4.79 Å². The normalized spacial score (nSPS) is 32.2. The lowest BCUT2D eigenvalue weighted by Gasteiger charge is -2.05. The van der Waals surface area contributed by atoms with Crippen molar-refractivity contribution in [2.75, 3.05) is 13.7 Å². The number of nitrogens with one attached hydrogen (secondary N) is 1. The molecule has 0 bridgehead atoms. The van der Waals surface area contributed by atoms with E-state index in [1.807, 2.05) is 0 Å². The van der Waals surface area contributed by atoms with Crippen LogP contribution in [0.1, 0.15) is 6.42 Å². The van der Waals surface area contributed by atoms with Gasteiger partial charge in [-0.2, -0.15) is 0 Å². The first-order chi connectivity index (χ1) is 4.74. The van der Waals surface area contributed by atoms with Gasteiger partial charge in [0.25, 0.3) is 0 Å². The van der Waals surface area contributed by atoms with Crippen LogP contribution in [0.4, 0.5) is 0 Å². The van der Waals surface area contributed by atoms with E-state index in [0.717, 1.165) is 13.0 Å². The van der Waals surface area contributed by atoms with E-state index in [2.05, 4.69) is 32.6 Å². The Morgan fingerprint density at radius 3 is 2.90 bits per heavy atom. The van der Waals surface area contributed by atoms with Crippen LogP contribution in [0.2, 0.25) is 0 Å². The fraction of sp³-hybridized carbons (Fsp3) is 0.833. The van der Waals surface area contributed by atoms with Gasteiger partial charge in [-0.05, 0) is 6.42 Å². The number of rotatable bonds is 1. The van der Waals surface area contributed by atoms with Crippen molar-refractivity contribution in [3.05, 3.63) is 0 Å². The fourth-order valence-electron chi connectivity index (χ4n) is 1.01. The number of methoxy groups -OCH3 is 1. The molecule has 1 N–H and O–H groups in total. The summed E-state index contributed by atoms with van der Waals surface area (Å²) in [6, 6.07) is -0.0631. The SMILES string of the molecule is COC(=O)[C@@H]1CC(I)CN1. The highest BCUT2D eigenvalue weighted by Gasteiger charge is 2.27. The van der Waals surface area contributed by atoms with Gasteiger partial charge in [0.15, 0.2) is 0 Å². The van der Waals surface area contributed by atoms with Crippen molar-refractivity contribution in [3.8, 4) is 0 Å². The molecule has 58 valence electrons. The molecule has 1 unspecified atom stereocenters. The van der Waals surface area contributed by atoms with Gasteiger partial charge in [0, 0.05) is 10.5 Å². The van der Waals surface area contributed by atoms with E-state index in [4.69, 9.17) is 0 Å². The van der Waals surface area contributed by atoms with Crippen molar-refractivity contribution in [1.29, 1.82) is 0 Å². The largest absolute Gasteiger partial charge is 0.468 e. The maximum atomic E-state index is 10.9. The molecule has 2 atom stereocenters. The number of halogens is 1. The summed E-state index contributed by atoms with van der Waals surface area (Å²) in [4.78, 5) is 10.9. The van der Waals surface area contributed by atoms with Crippen LogP contribution in [0.3, 0.4) is 0 Å². The predicted molar refractivity (Wildman–Crippen MR) is 46.2 cm³/mol. The van der Waals surface area contributed by atoms with E-state index in [0.29, 0.717) is 3.92 Å². The van der Waals surface area contributed by atoms with E-state index >= 15 is 0 Å². The molecule has 1 heterocycles. The average molecular weight is 255 g/mol. The van der Waals surface area contributed by atoms with E-state index < -0.39 is 0 Å². The van der Waals surface area contributed by atoms with Crippen molar-refractivity contribution in [1.82, 2.24) is 5.32 Å². The lowest BCUT2D eigenvalue weighted by Crippen LogP contribution is -2.31. The van der Waals surface area contributed by atoms with E-state index in [1.165, 1.54) is 7.11 Å². The molecule has 0 aromatic rings. The Morgan fingerprint density at radius 2 is 2.50 bits per heavy atom. The van der Waals surface area contributed by atoms with Crippen LogP contribution in [0.25, 0.3) is 0 Å². The molecule has 0 radical (unpaired) electrons. The van der Waals surface area contributed by atoms with Crippen LogP contribution in [0.15, 0.2) is 0 Å². The summed E-state index contributed by atoms with van der Waals surface area (Å²) in [6.45, 7) is 0.917. The molecule has 0 spiro atoms. The van der Waals surface area contributed by atoms with Gasteiger partial charge in [-0.3, -0.25) is 4.79 Å². The van der Waals surface area contributed by atoms with Gasteiger partial charge in [-0.15, -0.1) is 0 Å². The predicted octanol–water partition coefficient (Wildman–Crippen LogP) is 0.325. The fourth-order valence-corrected chi connectivity index (χ4v) is 1.78. The van der Waals surface area contributed by atoms with Crippen LogP contribution in [0, 0.1) is 0 Å². The molecular formula is C6H10INO2. The van der Waals surface area contributed by atoms with Crippen molar-refractivity contribution >= 4 is 28.6 Å². The van der Waals surface area contributed by atoms with Gasteiger partial charge in [-0.1, -0.05) is 22.6 Å². The Morgan fingerprint density at radius 1 is 1.80 bits per heavy atom. The zero-order valence-corrected chi connectivity index (χ0v) is 7.92. The van der Waals surface area contributed by atoms with Gasteiger partial charge >= 0.3 is 5.97 Å². The van der Waals surface area contributed by atoms with E-state index in [1.54, 1.807) is 0 Å². The molecule has 0 aromatic heterocycles. The maximum absolute atomic E-state index is 10.9. The summed E-state index contributed by atoms with van der Waals surface area (Å²) in [6.07, 6.45) is 0.896. The zero-order chi connectivity index (χ0) is 7.56. The molecule has 0 amide bonds. The zero-order valence-electron chi connectivity index (χ0n) is 5.76. The van der Waals surface area contributed by atoms with Crippen LogP contribution in [-0.4, -0.2) is 29.6 Å². The number of carbonyl (C=O) groups is 1. The molecule has 0 saturated carbocycles. The van der Waals surface area contributed by atoms with Gasteiger partial charge in [-0.25, -0.2) is 0 Å². The molecule has 0 aliphatic carbocycles. The minimum absolute atomic E-state index is 0.0631. The molecule has 1 aliphatic rings. The summed E-state index contributed by atoms with van der Waals surface area (Å²) in [5, 5.41) is 3.08. The quantitative estimate of drug-likeness (QED) is 0.416. The lowest BCUT2D eigenvalue weighted by molar-refractivity contribution is -0.142. The summed E-state index contributed by atoms with van der Waals surface area (Å²) in [5.74, 6) is -0.140. The molecule has 3 nitrogen and oxygen atoms in total. The monoisotopic (exact) mass is 255 g/mol. The van der Waals surface area contributed by atoms with Crippen molar-refractivity contribution in [3.63, 3.8) is 0 Å². The van der Waals surface area contributed by atoms with Crippen molar-refractivity contribution in [2.24, 2.45) is 0 Å². The second-order valence-electron chi connectivity index (χ2n) is 2.32. The third kappa shape index (κ3) is 1.82. The average Bonchev–Trinajstić information content (AvgIpc) is 2.34. The molecule has 1 fully saturated rings. The van der Waals surface area contributed by atoms with Gasteiger partial charge in [0.1, 0.15) is 6.04 Å². The number of ether oxygens (including phenoxy) is 1. The Bertz CT molecular complexity index is 140. The molecule has 10 heavy (non-hydrogen) atoms. The van der Waals surface area contributed by atoms with Crippen LogP contribution < -0.4 is 5.32 Å². The summed E-state index contributed by atoms with van der Waals surface area (Å²) in [5.41, 5.74) is 0. The second-order valence-corrected chi connectivity index (χ2v) is 4.08. The molecular weight excluding hydrogens is 245 g/mol. The maximum Gasteiger partial charge on any atom is 0.322 e. The molecule has 1 saturated heterocycles. The summed E-state index contributed by atoms with van der Waals surface area (Å²) < 4.78 is 5.15. The minimum Gasteiger partial charge on any atom is -0.468 e. The highest BCUT2D eigenvalue weighted by Crippen LogP contribution is 2.15. The Labute approximate surface area is 73.6 Å². The number of hydrogen-bond acceptors (Lipinski definition) is 3. The number of alkyl halides is 1. The molecule has 4 heteroatoms. The highest BCUT2D eigenvalue weighted by atomic mass is 127. The first-order valence-electron chi connectivity index (χ1n) is 3.19. The smallest absolute Gasteiger partial charge is 0.322 e. The number of hydrogen-bond donors (Lipinski definition) is 1. The van der Waals surface area contributed by atoms with Crippen LogP contribution >= 0.6 is 22.6 Å². The van der Waals surface area contributed by atoms with Crippen LogP contribution in [-0.2, 0) is 9.53 Å². The van der Waals surface area contributed by atoms with Gasteiger partial charge < -0.3 is 10.1 Å². The van der Waals surface area contributed by atoms with Gasteiger partial charge in [0.05, 0.1) is 7.11 Å². The lowest BCUT2D eigenvalue weighted by atomic mass is 10.2. The standard InChI is InChI=1S/C6H10INO2/c1-10-6(9)5-2-4(7)3-8-5/h4-5,8H,2-3H2,1H3/t4?,5-/m0/s1. The first-order valence-corrected chi connectivity index (χ1v) is 4.44. The highest BCUT2D eigenvalue weighted by molar-refractivity contribution is 14.1. The minimum atomic E-state index is -0.140. The Kier molecular flexibility index (Phi) is 2.91. The van der Waals surface area contributed by atoms with E-state index in [-0.39, 0.29) is 12.0 Å². The van der Waals surface area contributed by atoms with Gasteiger partial charge in [0.2, 0.25) is 0 Å². The topological polar surface area (TPSA) is 38.3 Å². The second kappa shape index (κ2) is 3.52. The first kappa shape index (κ1) is 8.26. The molecule has 1 aliphatic heterocycles. The number of carbonyl (C=O) groups excluding carboxylic acids is 1. The Balaban J connectivity index is 2.37. The summed E-state index contributed by atoms with van der Waals surface area (Å²) >= 11 is 2.33. The van der Waals surface area contributed by atoms with Crippen molar-refractivity contribution in [2.45, 2.75) is 16.4 Å². The van der Waals surface area contributed by atoms with Crippen molar-refractivity contribution < 1.29 is 9.53 Å². The molecule has 1 rings (SSSR count). The third-order valence-corrected chi connectivity index (χ3v) is 2.51. The number of esters is 1. The Hall–Kier alpha value is 0.160.